The van der Waals surface area contributed by atoms with E-state index in [1.165, 1.54) is 4.90 Å². The highest BCUT2D eigenvalue weighted by atomic mass is 32.2. The SMILES string of the molecule is COc1cc(CN2CC(=O)N([C@H]3CSC[C@@H]3C)C2=O)cc(OC)c1. The van der Waals surface area contributed by atoms with Crippen molar-refractivity contribution < 1.29 is 19.1 Å². The Morgan fingerprint density at radius 3 is 2.33 bits per heavy atom. The Balaban J connectivity index is 1.77. The fourth-order valence-corrected chi connectivity index (χ4v) is 4.62. The van der Waals surface area contributed by atoms with Crippen LogP contribution in [0.5, 0.6) is 11.5 Å². The first-order valence-electron chi connectivity index (χ1n) is 7.94. The average Bonchev–Trinajstić information content (AvgIpc) is 3.10. The Hall–Kier alpha value is -1.89. The number of carbonyl (C=O) groups is 2. The summed E-state index contributed by atoms with van der Waals surface area (Å²) in [7, 11) is 3.17. The van der Waals surface area contributed by atoms with E-state index in [9.17, 15) is 9.59 Å². The standard InChI is InChI=1S/C17H22N2O4S/c1-11-9-24-10-15(11)19-16(20)8-18(17(19)21)7-12-4-13(22-2)6-14(5-12)23-3/h4-6,11,15H,7-10H2,1-3H3/t11-,15-/m0/s1. The van der Waals surface area contributed by atoms with Crippen LogP contribution in [0.25, 0.3) is 0 Å². The second kappa shape index (κ2) is 6.93. The summed E-state index contributed by atoms with van der Waals surface area (Å²) in [6, 6.07) is 5.32. The van der Waals surface area contributed by atoms with Crippen molar-refractivity contribution in [1.82, 2.24) is 9.80 Å². The minimum atomic E-state index is -0.193. The quantitative estimate of drug-likeness (QED) is 0.762. The molecular formula is C17H22N2O4S. The third kappa shape index (κ3) is 3.17. The molecular weight excluding hydrogens is 328 g/mol. The zero-order valence-electron chi connectivity index (χ0n) is 14.2. The normalized spacial score (nSPS) is 24.0. The predicted molar refractivity (Wildman–Crippen MR) is 92.5 cm³/mol. The van der Waals surface area contributed by atoms with E-state index in [1.54, 1.807) is 36.9 Å². The molecule has 1 aromatic carbocycles. The van der Waals surface area contributed by atoms with Crippen LogP contribution in [-0.4, -0.2) is 60.1 Å². The van der Waals surface area contributed by atoms with Crippen LogP contribution in [0.3, 0.4) is 0 Å². The second-order valence-electron chi connectivity index (χ2n) is 6.21. The van der Waals surface area contributed by atoms with Gasteiger partial charge in [-0.25, -0.2) is 4.79 Å². The van der Waals surface area contributed by atoms with E-state index in [-0.39, 0.29) is 24.5 Å². The van der Waals surface area contributed by atoms with Crippen LogP contribution in [0.15, 0.2) is 18.2 Å². The van der Waals surface area contributed by atoms with Crippen molar-refractivity contribution in [3.8, 4) is 11.5 Å². The van der Waals surface area contributed by atoms with E-state index in [4.69, 9.17) is 9.47 Å². The largest absolute Gasteiger partial charge is 0.497 e. The maximum atomic E-state index is 12.7. The van der Waals surface area contributed by atoms with Crippen molar-refractivity contribution in [2.75, 3.05) is 32.3 Å². The van der Waals surface area contributed by atoms with Crippen LogP contribution in [0.4, 0.5) is 4.79 Å². The molecule has 0 radical (unpaired) electrons. The maximum Gasteiger partial charge on any atom is 0.327 e. The molecule has 2 aliphatic heterocycles. The smallest absolute Gasteiger partial charge is 0.327 e. The molecule has 0 aromatic heterocycles. The van der Waals surface area contributed by atoms with E-state index in [0.29, 0.717) is 24.0 Å². The number of amides is 3. The molecule has 2 aliphatic rings. The van der Waals surface area contributed by atoms with Crippen molar-refractivity contribution >= 4 is 23.7 Å². The third-order valence-electron chi connectivity index (χ3n) is 4.51. The van der Waals surface area contributed by atoms with Gasteiger partial charge in [0.15, 0.2) is 0 Å². The molecule has 0 spiro atoms. The van der Waals surface area contributed by atoms with E-state index in [1.807, 2.05) is 12.1 Å². The molecule has 1 aromatic rings. The van der Waals surface area contributed by atoms with Crippen molar-refractivity contribution in [3.05, 3.63) is 23.8 Å². The monoisotopic (exact) mass is 350 g/mol. The molecule has 2 fully saturated rings. The lowest BCUT2D eigenvalue weighted by atomic mass is 10.1. The lowest BCUT2D eigenvalue weighted by Gasteiger charge is -2.25. The summed E-state index contributed by atoms with van der Waals surface area (Å²) in [5.41, 5.74) is 0.878. The minimum absolute atomic E-state index is 0.0137. The van der Waals surface area contributed by atoms with Gasteiger partial charge in [0.05, 0.1) is 20.3 Å². The summed E-state index contributed by atoms with van der Waals surface area (Å²) < 4.78 is 10.5. The van der Waals surface area contributed by atoms with Crippen molar-refractivity contribution in [3.63, 3.8) is 0 Å². The van der Waals surface area contributed by atoms with Gasteiger partial charge in [0.25, 0.3) is 5.91 Å². The highest BCUT2D eigenvalue weighted by Crippen LogP contribution is 2.31. The van der Waals surface area contributed by atoms with Crippen LogP contribution in [-0.2, 0) is 11.3 Å². The molecule has 2 atom stereocenters. The summed E-state index contributed by atoms with van der Waals surface area (Å²) in [5, 5.41) is 0. The summed E-state index contributed by atoms with van der Waals surface area (Å²) in [6.45, 7) is 2.59. The topological polar surface area (TPSA) is 59.1 Å². The minimum Gasteiger partial charge on any atom is -0.497 e. The van der Waals surface area contributed by atoms with Gasteiger partial charge in [-0.15, -0.1) is 0 Å². The molecule has 3 amide bonds. The first-order chi connectivity index (χ1) is 11.5. The van der Waals surface area contributed by atoms with Gasteiger partial charge in [0, 0.05) is 18.4 Å². The Kier molecular flexibility index (Phi) is 4.89. The van der Waals surface area contributed by atoms with E-state index < -0.39 is 0 Å². The van der Waals surface area contributed by atoms with Crippen LogP contribution < -0.4 is 9.47 Å². The second-order valence-corrected chi connectivity index (χ2v) is 7.28. The van der Waals surface area contributed by atoms with Crippen LogP contribution in [0.1, 0.15) is 12.5 Å². The predicted octanol–water partition coefficient (Wildman–Crippen LogP) is 2.22. The summed E-state index contributed by atoms with van der Waals surface area (Å²) >= 11 is 1.80. The fraction of sp³-hybridized carbons (Fsp3) is 0.529. The Morgan fingerprint density at radius 2 is 1.79 bits per heavy atom. The number of rotatable bonds is 5. The number of nitrogens with zero attached hydrogens (tertiary/aromatic N) is 2. The molecule has 0 saturated carbocycles. The molecule has 2 heterocycles. The molecule has 0 unspecified atom stereocenters. The molecule has 6 nitrogen and oxygen atoms in total. The Labute approximate surface area is 146 Å². The number of urea groups is 1. The van der Waals surface area contributed by atoms with Gasteiger partial charge in [-0.05, 0) is 29.4 Å². The van der Waals surface area contributed by atoms with Gasteiger partial charge in [-0.2, -0.15) is 11.8 Å². The van der Waals surface area contributed by atoms with Crippen molar-refractivity contribution in [2.24, 2.45) is 5.92 Å². The summed E-state index contributed by atoms with van der Waals surface area (Å²) in [4.78, 5) is 28.1. The lowest BCUT2D eigenvalue weighted by Crippen LogP contribution is -2.44. The number of hydrogen-bond donors (Lipinski definition) is 0. The van der Waals surface area contributed by atoms with Gasteiger partial charge < -0.3 is 14.4 Å². The average molecular weight is 350 g/mol. The van der Waals surface area contributed by atoms with Crippen molar-refractivity contribution in [1.29, 1.82) is 0 Å². The Bertz CT molecular complexity index is 629. The highest BCUT2D eigenvalue weighted by molar-refractivity contribution is 7.99. The first kappa shape index (κ1) is 17.0. The van der Waals surface area contributed by atoms with Crippen LogP contribution >= 0.6 is 11.8 Å². The van der Waals surface area contributed by atoms with Gasteiger partial charge in [0.1, 0.15) is 18.0 Å². The zero-order valence-corrected chi connectivity index (χ0v) is 15.0. The number of ether oxygens (including phenoxy) is 2. The first-order valence-corrected chi connectivity index (χ1v) is 9.09. The number of benzene rings is 1. The summed E-state index contributed by atoms with van der Waals surface area (Å²) in [5.74, 6) is 3.41. The number of methoxy groups -OCH3 is 2. The van der Waals surface area contributed by atoms with Gasteiger partial charge in [-0.1, -0.05) is 6.92 Å². The fourth-order valence-electron chi connectivity index (χ4n) is 3.17. The molecule has 130 valence electrons. The molecule has 24 heavy (non-hydrogen) atoms. The molecule has 3 rings (SSSR count). The molecule has 7 heteroatoms. The number of hydrogen-bond acceptors (Lipinski definition) is 5. The highest BCUT2D eigenvalue weighted by Gasteiger charge is 2.43. The number of carbonyl (C=O) groups excluding carboxylic acids is 2. The molecule has 0 N–H and O–H groups in total. The molecule has 2 saturated heterocycles. The maximum absolute atomic E-state index is 12.7. The number of thioether (sulfide) groups is 1. The third-order valence-corrected chi connectivity index (χ3v) is 5.85. The molecule has 0 bridgehead atoms. The van der Waals surface area contributed by atoms with Gasteiger partial charge in [-0.3, -0.25) is 9.69 Å². The van der Waals surface area contributed by atoms with Crippen LogP contribution in [0.2, 0.25) is 0 Å². The summed E-state index contributed by atoms with van der Waals surface area (Å²) in [6.07, 6.45) is 0. The van der Waals surface area contributed by atoms with Crippen LogP contribution in [0, 0.1) is 5.92 Å². The molecule has 0 aliphatic carbocycles. The van der Waals surface area contributed by atoms with E-state index >= 15 is 0 Å². The van der Waals surface area contributed by atoms with Gasteiger partial charge in [0.2, 0.25) is 0 Å². The van der Waals surface area contributed by atoms with Gasteiger partial charge >= 0.3 is 6.03 Å². The Morgan fingerprint density at radius 1 is 1.12 bits per heavy atom. The number of imide groups is 1. The zero-order chi connectivity index (χ0) is 17.3. The van der Waals surface area contributed by atoms with E-state index in [2.05, 4.69) is 6.92 Å². The van der Waals surface area contributed by atoms with Crippen molar-refractivity contribution in [2.45, 2.75) is 19.5 Å². The van der Waals surface area contributed by atoms with E-state index in [0.717, 1.165) is 17.1 Å². The lowest BCUT2D eigenvalue weighted by molar-refractivity contribution is -0.127.